The van der Waals surface area contributed by atoms with Crippen molar-refractivity contribution in [1.82, 2.24) is 0 Å². The van der Waals surface area contributed by atoms with Gasteiger partial charge >= 0.3 is 0 Å². The fraction of sp³-hybridized carbons (Fsp3) is 0.600. The molecule has 1 fully saturated rings. The molecule has 21 heavy (non-hydrogen) atoms. The SMILES string of the molecule is C=C[C@@]1(C)CCC(/C(C)=C/C=C/C(C)(C)O)C[C@@H]1C(=C)C. The second-order valence-corrected chi connectivity index (χ2v) is 7.50. The van der Waals surface area contributed by atoms with Gasteiger partial charge in [-0.05, 0) is 64.2 Å². The molecule has 0 amide bonds. The maximum Gasteiger partial charge on any atom is 0.0774 e. The van der Waals surface area contributed by atoms with Crippen LogP contribution < -0.4 is 0 Å². The topological polar surface area (TPSA) is 20.2 Å². The van der Waals surface area contributed by atoms with Gasteiger partial charge < -0.3 is 5.11 Å². The minimum absolute atomic E-state index is 0.186. The zero-order valence-electron chi connectivity index (χ0n) is 14.4. The summed E-state index contributed by atoms with van der Waals surface area (Å²) in [5.74, 6) is 1.11. The predicted octanol–water partition coefficient (Wildman–Crippen LogP) is 5.44. The third-order valence-corrected chi connectivity index (χ3v) is 4.92. The molecule has 0 saturated heterocycles. The van der Waals surface area contributed by atoms with Gasteiger partial charge in [-0.3, -0.25) is 0 Å². The van der Waals surface area contributed by atoms with Crippen molar-refractivity contribution in [2.45, 2.75) is 59.5 Å². The Morgan fingerprint density at radius 2 is 1.95 bits per heavy atom. The molecule has 1 N–H and O–H groups in total. The zero-order valence-corrected chi connectivity index (χ0v) is 14.4. The van der Waals surface area contributed by atoms with Crippen LogP contribution in [0.25, 0.3) is 0 Å². The second kappa shape index (κ2) is 6.79. The van der Waals surface area contributed by atoms with E-state index in [-0.39, 0.29) is 5.41 Å². The fourth-order valence-electron chi connectivity index (χ4n) is 3.32. The molecule has 1 rings (SSSR count). The minimum atomic E-state index is -0.745. The van der Waals surface area contributed by atoms with Crippen molar-refractivity contribution in [2.24, 2.45) is 17.3 Å². The highest BCUT2D eigenvalue weighted by Gasteiger charge is 2.38. The zero-order chi connectivity index (χ0) is 16.3. The monoisotopic (exact) mass is 288 g/mol. The summed E-state index contributed by atoms with van der Waals surface area (Å²) in [5, 5.41) is 9.72. The molecule has 1 nitrogen and oxygen atoms in total. The smallest absolute Gasteiger partial charge is 0.0774 e. The van der Waals surface area contributed by atoms with Crippen LogP contribution in [0.15, 0.2) is 48.6 Å². The highest BCUT2D eigenvalue weighted by atomic mass is 16.3. The van der Waals surface area contributed by atoms with Crippen LogP contribution in [0.5, 0.6) is 0 Å². The van der Waals surface area contributed by atoms with Gasteiger partial charge in [-0.2, -0.15) is 0 Å². The molecular formula is C20H32O. The largest absolute Gasteiger partial charge is 0.386 e. The van der Waals surface area contributed by atoms with E-state index < -0.39 is 5.60 Å². The second-order valence-electron chi connectivity index (χ2n) is 7.50. The molecular weight excluding hydrogens is 256 g/mol. The van der Waals surface area contributed by atoms with Crippen LogP contribution in [-0.2, 0) is 0 Å². The molecule has 3 atom stereocenters. The maximum atomic E-state index is 9.72. The van der Waals surface area contributed by atoms with Gasteiger partial charge in [0.05, 0.1) is 5.60 Å². The Balaban J connectivity index is 2.83. The van der Waals surface area contributed by atoms with Gasteiger partial charge in [-0.25, -0.2) is 0 Å². The van der Waals surface area contributed by atoms with Crippen LogP contribution in [0, 0.1) is 17.3 Å². The predicted molar refractivity (Wildman–Crippen MR) is 93.1 cm³/mol. The van der Waals surface area contributed by atoms with E-state index in [9.17, 15) is 5.11 Å². The van der Waals surface area contributed by atoms with Gasteiger partial charge in [-0.15, -0.1) is 6.58 Å². The van der Waals surface area contributed by atoms with Crippen molar-refractivity contribution in [3.8, 4) is 0 Å². The molecule has 0 aromatic heterocycles. The van der Waals surface area contributed by atoms with E-state index in [1.165, 1.54) is 24.0 Å². The molecule has 1 aliphatic rings. The van der Waals surface area contributed by atoms with Gasteiger partial charge in [0, 0.05) is 0 Å². The summed E-state index contributed by atoms with van der Waals surface area (Å²) in [6, 6.07) is 0. The van der Waals surface area contributed by atoms with Gasteiger partial charge in [0.2, 0.25) is 0 Å². The highest BCUT2D eigenvalue weighted by Crippen LogP contribution is 2.48. The first-order chi connectivity index (χ1) is 9.59. The van der Waals surface area contributed by atoms with E-state index in [1.807, 2.05) is 12.2 Å². The number of hydrogen-bond donors (Lipinski definition) is 1. The maximum absolute atomic E-state index is 9.72. The summed E-state index contributed by atoms with van der Waals surface area (Å²) in [4.78, 5) is 0. The Hall–Kier alpha value is -1.08. The van der Waals surface area contributed by atoms with Gasteiger partial charge in [0.15, 0.2) is 0 Å². The van der Waals surface area contributed by atoms with Crippen LogP contribution in [0.4, 0.5) is 0 Å². The average Bonchev–Trinajstić information content (AvgIpc) is 2.37. The standard InChI is InChI=1S/C20H32O/c1-8-20(7)13-11-17(14-18(20)15(2)3)16(4)10-9-12-19(5,6)21/h8-10,12,17-18,21H,1-2,11,13-14H2,3-7H3/b12-9+,16-10+/t17?,18-,20+/m1/s1. The van der Waals surface area contributed by atoms with Crippen LogP contribution in [-0.4, -0.2) is 10.7 Å². The lowest BCUT2D eigenvalue weighted by Crippen LogP contribution is -2.33. The Morgan fingerprint density at radius 3 is 2.43 bits per heavy atom. The van der Waals surface area contributed by atoms with Crippen molar-refractivity contribution >= 4 is 0 Å². The van der Waals surface area contributed by atoms with Crippen LogP contribution >= 0.6 is 0 Å². The Morgan fingerprint density at radius 1 is 1.33 bits per heavy atom. The first-order valence-electron chi connectivity index (χ1n) is 7.96. The van der Waals surface area contributed by atoms with Gasteiger partial charge in [-0.1, -0.05) is 49.0 Å². The van der Waals surface area contributed by atoms with Crippen molar-refractivity contribution in [2.75, 3.05) is 0 Å². The van der Waals surface area contributed by atoms with Gasteiger partial charge in [0.25, 0.3) is 0 Å². The number of rotatable bonds is 5. The summed E-state index contributed by atoms with van der Waals surface area (Å²) in [6.07, 6.45) is 11.6. The molecule has 0 radical (unpaired) electrons. The first-order valence-corrected chi connectivity index (χ1v) is 7.96. The summed E-state index contributed by atoms with van der Waals surface area (Å²) in [7, 11) is 0. The van der Waals surface area contributed by atoms with Crippen LogP contribution in [0.1, 0.15) is 53.9 Å². The van der Waals surface area contributed by atoms with E-state index in [0.717, 1.165) is 6.42 Å². The molecule has 1 saturated carbocycles. The van der Waals surface area contributed by atoms with E-state index in [0.29, 0.717) is 11.8 Å². The third-order valence-electron chi connectivity index (χ3n) is 4.92. The molecule has 0 bridgehead atoms. The van der Waals surface area contributed by atoms with E-state index in [1.54, 1.807) is 13.8 Å². The Labute approximate surface area is 131 Å². The van der Waals surface area contributed by atoms with Crippen molar-refractivity contribution in [3.63, 3.8) is 0 Å². The van der Waals surface area contributed by atoms with E-state index in [4.69, 9.17) is 0 Å². The first kappa shape index (κ1) is 18.0. The van der Waals surface area contributed by atoms with Crippen LogP contribution in [0.2, 0.25) is 0 Å². The number of hydrogen-bond acceptors (Lipinski definition) is 1. The Bertz CT molecular complexity index is 447. The van der Waals surface area contributed by atoms with Crippen molar-refractivity contribution in [1.29, 1.82) is 0 Å². The molecule has 1 unspecified atom stereocenters. The molecule has 0 aliphatic heterocycles. The summed E-state index contributed by atoms with van der Waals surface area (Å²) in [5.41, 5.74) is 2.10. The van der Waals surface area contributed by atoms with Gasteiger partial charge in [0.1, 0.15) is 0 Å². The highest BCUT2D eigenvalue weighted by molar-refractivity contribution is 5.20. The quantitative estimate of drug-likeness (QED) is 0.527. The van der Waals surface area contributed by atoms with Crippen molar-refractivity contribution < 1.29 is 5.11 Å². The molecule has 0 aromatic carbocycles. The normalized spacial score (nSPS) is 31.4. The summed E-state index contributed by atoms with van der Waals surface area (Å²) >= 11 is 0. The average molecular weight is 288 g/mol. The Kier molecular flexibility index (Phi) is 5.81. The lowest BCUT2D eigenvalue weighted by atomic mass is 9.61. The van der Waals surface area contributed by atoms with E-state index in [2.05, 4.69) is 46.1 Å². The fourth-order valence-corrected chi connectivity index (χ4v) is 3.32. The molecule has 1 heteroatoms. The van der Waals surface area contributed by atoms with Crippen molar-refractivity contribution in [3.05, 3.63) is 48.6 Å². The molecule has 0 aromatic rings. The lowest BCUT2D eigenvalue weighted by Gasteiger charge is -2.43. The van der Waals surface area contributed by atoms with E-state index >= 15 is 0 Å². The summed E-state index contributed by atoms with van der Waals surface area (Å²) < 4.78 is 0. The summed E-state index contributed by atoms with van der Waals surface area (Å²) in [6.45, 7) is 18.5. The molecule has 0 heterocycles. The number of aliphatic hydroxyl groups is 1. The third kappa shape index (κ3) is 5.00. The molecule has 1 aliphatic carbocycles. The molecule has 0 spiro atoms. The van der Waals surface area contributed by atoms with Crippen LogP contribution in [0.3, 0.4) is 0 Å². The number of allylic oxidation sites excluding steroid dienone is 5. The molecule has 118 valence electrons. The lowest BCUT2D eigenvalue weighted by molar-refractivity contribution is 0.133. The minimum Gasteiger partial charge on any atom is -0.386 e.